The maximum absolute atomic E-state index is 14.0. The van der Waals surface area contributed by atoms with E-state index in [2.05, 4.69) is 4.98 Å². The minimum absolute atomic E-state index is 0.147. The van der Waals surface area contributed by atoms with Gasteiger partial charge in [0.1, 0.15) is 17.1 Å². The molecule has 0 radical (unpaired) electrons. The molecule has 1 aliphatic heterocycles. The third-order valence-electron chi connectivity index (χ3n) is 5.49. The van der Waals surface area contributed by atoms with Crippen molar-refractivity contribution in [2.45, 2.75) is 17.9 Å². The molecule has 6 nitrogen and oxygen atoms in total. The number of piperazine rings is 1. The molecule has 3 heterocycles. The minimum Gasteiger partial charge on any atom is -0.455 e. The molecule has 1 amide bonds. The first-order valence-corrected chi connectivity index (χ1v) is 11.4. The Labute approximate surface area is 189 Å². The zero-order valence-electron chi connectivity index (χ0n) is 17.6. The van der Waals surface area contributed by atoms with Gasteiger partial charge in [0.25, 0.3) is 11.1 Å². The number of thioether (sulfide) groups is 1. The summed E-state index contributed by atoms with van der Waals surface area (Å²) >= 11 is 1.43. The highest BCUT2D eigenvalue weighted by atomic mass is 32.2. The molecule has 2 aromatic carbocycles. The molecule has 2 aromatic heterocycles. The second-order valence-electron chi connectivity index (χ2n) is 7.74. The van der Waals surface area contributed by atoms with Crippen LogP contribution in [0.25, 0.3) is 11.1 Å². The van der Waals surface area contributed by atoms with Gasteiger partial charge in [-0.2, -0.15) is 0 Å². The number of carbonyl (C=O) groups excluding carboxylic acids is 1. The van der Waals surface area contributed by atoms with E-state index in [0.717, 1.165) is 16.7 Å². The largest absolute Gasteiger partial charge is 0.455 e. The minimum atomic E-state index is -0.241. The number of oxazole rings is 1. The van der Waals surface area contributed by atoms with Crippen molar-refractivity contribution in [1.82, 2.24) is 9.88 Å². The van der Waals surface area contributed by atoms with Crippen molar-refractivity contribution in [2.24, 2.45) is 0 Å². The van der Waals surface area contributed by atoms with Gasteiger partial charge in [0, 0.05) is 26.2 Å². The third-order valence-corrected chi connectivity index (χ3v) is 6.34. The molecule has 4 aromatic rings. The number of hydrogen-bond acceptors (Lipinski definition) is 6. The molecular formula is C24H22FN3O3S. The number of hydrogen-bond donors (Lipinski definition) is 0. The number of aromatic nitrogens is 1. The average molecular weight is 452 g/mol. The third kappa shape index (κ3) is 4.23. The van der Waals surface area contributed by atoms with Gasteiger partial charge in [-0.1, -0.05) is 30.0 Å². The van der Waals surface area contributed by atoms with Crippen LogP contribution < -0.4 is 4.90 Å². The fourth-order valence-electron chi connectivity index (χ4n) is 3.80. The smallest absolute Gasteiger partial charge is 0.289 e. The van der Waals surface area contributed by atoms with Crippen LogP contribution in [0.15, 0.2) is 68.7 Å². The number of furan rings is 1. The van der Waals surface area contributed by atoms with E-state index in [1.807, 2.05) is 42.2 Å². The maximum Gasteiger partial charge on any atom is 0.289 e. The summed E-state index contributed by atoms with van der Waals surface area (Å²) in [7, 11) is 0. The molecule has 1 saturated heterocycles. The monoisotopic (exact) mass is 451 g/mol. The van der Waals surface area contributed by atoms with E-state index in [1.54, 1.807) is 23.1 Å². The van der Waals surface area contributed by atoms with E-state index in [1.165, 1.54) is 17.8 Å². The van der Waals surface area contributed by atoms with Gasteiger partial charge in [0.15, 0.2) is 11.3 Å². The lowest BCUT2D eigenvalue weighted by Crippen LogP contribution is -2.49. The van der Waals surface area contributed by atoms with E-state index in [0.29, 0.717) is 54.4 Å². The lowest BCUT2D eigenvalue weighted by Gasteiger charge is -2.35. The number of anilines is 1. The highest BCUT2D eigenvalue weighted by Gasteiger charge is 2.25. The van der Waals surface area contributed by atoms with Crippen LogP contribution in [0.3, 0.4) is 0 Å². The van der Waals surface area contributed by atoms with Gasteiger partial charge in [0.05, 0.1) is 11.4 Å². The molecule has 0 atom stereocenters. The van der Waals surface area contributed by atoms with E-state index in [9.17, 15) is 9.18 Å². The molecule has 0 unspecified atom stereocenters. The van der Waals surface area contributed by atoms with Crippen molar-refractivity contribution >= 4 is 34.5 Å². The Morgan fingerprint density at radius 2 is 1.88 bits per heavy atom. The number of aryl methyl sites for hydroxylation is 1. The molecule has 5 rings (SSSR count). The predicted molar refractivity (Wildman–Crippen MR) is 122 cm³/mol. The van der Waals surface area contributed by atoms with Crippen molar-refractivity contribution in [3.8, 4) is 0 Å². The van der Waals surface area contributed by atoms with Gasteiger partial charge in [-0.3, -0.25) is 4.79 Å². The standard InChI is InChI=1S/C24H22FN3O3S/c1-16-6-8-21-19(14-16)26-24(31-21)32-15-17-7-9-22(30-17)23(29)28-12-10-27(11-13-28)20-5-3-2-4-18(20)25/h2-9,14H,10-13,15H2,1H3. The van der Waals surface area contributed by atoms with Crippen LogP contribution in [-0.4, -0.2) is 42.0 Å². The highest BCUT2D eigenvalue weighted by molar-refractivity contribution is 7.98. The summed E-state index contributed by atoms with van der Waals surface area (Å²) in [6, 6.07) is 16.1. The second kappa shape index (κ2) is 8.70. The van der Waals surface area contributed by atoms with E-state index >= 15 is 0 Å². The van der Waals surface area contributed by atoms with Crippen molar-refractivity contribution in [3.63, 3.8) is 0 Å². The molecule has 8 heteroatoms. The number of para-hydroxylation sites is 1. The van der Waals surface area contributed by atoms with Crippen molar-refractivity contribution in [3.05, 3.63) is 77.5 Å². The fourth-order valence-corrected chi connectivity index (χ4v) is 4.53. The maximum atomic E-state index is 14.0. The summed E-state index contributed by atoms with van der Waals surface area (Å²) < 4.78 is 25.6. The molecule has 1 aliphatic rings. The topological polar surface area (TPSA) is 62.7 Å². The summed E-state index contributed by atoms with van der Waals surface area (Å²) in [4.78, 5) is 21.0. The number of benzene rings is 2. The summed E-state index contributed by atoms with van der Waals surface area (Å²) in [5.74, 6) is 1.12. The van der Waals surface area contributed by atoms with Crippen LogP contribution in [0.4, 0.5) is 10.1 Å². The van der Waals surface area contributed by atoms with Crippen LogP contribution in [0.2, 0.25) is 0 Å². The van der Waals surface area contributed by atoms with Crippen LogP contribution >= 0.6 is 11.8 Å². The van der Waals surface area contributed by atoms with Gasteiger partial charge in [-0.15, -0.1) is 0 Å². The summed E-state index contributed by atoms with van der Waals surface area (Å²) in [6.07, 6.45) is 0. The molecule has 0 aliphatic carbocycles. The van der Waals surface area contributed by atoms with Gasteiger partial charge >= 0.3 is 0 Å². The van der Waals surface area contributed by atoms with Gasteiger partial charge in [-0.05, 0) is 48.9 Å². The number of rotatable bonds is 5. The first-order chi connectivity index (χ1) is 15.6. The lowest BCUT2D eigenvalue weighted by atomic mass is 10.2. The Morgan fingerprint density at radius 1 is 1.06 bits per heavy atom. The quantitative estimate of drug-likeness (QED) is 0.393. The Kier molecular flexibility index (Phi) is 5.61. The molecule has 0 spiro atoms. The molecule has 1 fully saturated rings. The number of halogens is 1. The molecule has 0 N–H and O–H groups in total. The van der Waals surface area contributed by atoms with Gasteiger partial charge in [0.2, 0.25) is 0 Å². The van der Waals surface area contributed by atoms with Crippen LogP contribution in [0, 0.1) is 12.7 Å². The molecule has 164 valence electrons. The molecule has 32 heavy (non-hydrogen) atoms. The predicted octanol–water partition coefficient (Wildman–Crippen LogP) is 5.12. The Hall–Kier alpha value is -3.26. The van der Waals surface area contributed by atoms with E-state index in [-0.39, 0.29) is 11.7 Å². The van der Waals surface area contributed by atoms with Crippen LogP contribution in [0.1, 0.15) is 21.9 Å². The van der Waals surface area contributed by atoms with Crippen molar-refractivity contribution in [1.29, 1.82) is 0 Å². The Balaban J connectivity index is 1.18. The van der Waals surface area contributed by atoms with E-state index in [4.69, 9.17) is 8.83 Å². The molecule has 0 bridgehead atoms. The zero-order chi connectivity index (χ0) is 22.1. The molecule has 0 saturated carbocycles. The number of carbonyl (C=O) groups is 1. The normalized spacial score (nSPS) is 14.3. The zero-order valence-corrected chi connectivity index (χ0v) is 18.4. The lowest BCUT2D eigenvalue weighted by molar-refractivity contribution is 0.0713. The first-order valence-electron chi connectivity index (χ1n) is 10.4. The van der Waals surface area contributed by atoms with Gasteiger partial charge < -0.3 is 18.6 Å². The Morgan fingerprint density at radius 3 is 2.69 bits per heavy atom. The summed E-state index contributed by atoms with van der Waals surface area (Å²) in [5, 5.41) is 0.569. The summed E-state index contributed by atoms with van der Waals surface area (Å²) in [5.41, 5.74) is 3.29. The number of fused-ring (bicyclic) bond motifs is 1. The van der Waals surface area contributed by atoms with Crippen molar-refractivity contribution in [2.75, 3.05) is 31.1 Å². The highest BCUT2D eigenvalue weighted by Crippen LogP contribution is 2.28. The fraction of sp³-hybridized carbons (Fsp3) is 0.250. The summed E-state index contributed by atoms with van der Waals surface area (Å²) in [6.45, 7) is 4.20. The number of nitrogens with zero attached hydrogens (tertiary/aromatic N) is 3. The van der Waals surface area contributed by atoms with Crippen molar-refractivity contribution < 1.29 is 18.0 Å². The average Bonchev–Trinajstić information content (AvgIpc) is 3.44. The van der Waals surface area contributed by atoms with Crippen LogP contribution in [0.5, 0.6) is 0 Å². The van der Waals surface area contributed by atoms with E-state index < -0.39 is 0 Å². The SMILES string of the molecule is Cc1ccc2oc(SCc3ccc(C(=O)N4CCN(c5ccccc5F)CC4)o3)nc2c1. The Bertz CT molecular complexity index is 1260. The first kappa shape index (κ1) is 20.6. The van der Waals surface area contributed by atoms with Gasteiger partial charge in [-0.25, -0.2) is 9.37 Å². The second-order valence-corrected chi connectivity index (χ2v) is 8.66. The molecular weight excluding hydrogens is 429 g/mol. The van der Waals surface area contributed by atoms with Crippen LogP contribution in [-0.2, 0) is 5.75 Å². The number of amides is 1.